The van der Waals surface area contributed by atoms with Gasteiger partial charge in [0.15, 0.2) is 11.5 Å². The molecule has 0 saturated carbocycles. The maximum Gasteiger partial charge on any atom is 0.253 e. The molecule has 8 nitrogen and oxygen atoms in total. The molecule has 0 unspecified atom stereocenters. The highest BCUT2D eigenvalue weighted by Crippen LogP contribution is 2.31. The molecule has 2 aromatic heterocycles. The standard InChI is InChI=1S/C25H24Cl2N6O2/c1-16-22-23(31-11-13-32(14-12-31)25(34)17-7-9-18(26)10-8-17)28-21(15-35-2)29-24(22)33(30-16)20-6-4-3-5-19(20)27/h3-10H,11-15H2,1-2H3. The summed E-state index contributed by atoms with van der Waals surface area (Å²) in [4.78, 5) is 26.6. The Hall–Kier alpha value is -3.20. The fourth-order valence-corrected chi connectivity index (χ4v) is 4.66. The molecular formula is C25H24Cl2N6O2. The van der Waals surface area contributed by atoms with Gasteiger partial charge < -0.3 is 14.5 Å². The van der Waals surface area contributed by atoms with Crippen molar-refractivity contribution in [2.24, 2.45) is 0 Å². The van der Waals surface area contributed by atoms with Crippen LogP contribution in [-0.4, -0.2) is 63.8 Å². The van der Waals surface area contributed by atoms with Crippen LogP contribution < -0.4 is 4.90 Å². The van der Waals surface area contributed by atoms with E-state index in [4.69, 9.17) is 43.0 Å². The van der Waals surface area contributed by atoms with Gasteiger partial charge in [-0.3, -0.25) is 4.79 Å². The van der Waals surface area contributed by atoms with E-state index >= 15 is 0 Å². The second-order valence-electron chi connectivity index (χ2n) is 8.33. The summed E-state index contributed by atoms with van der Waals surface area (Å²) in [6.45, 7) is 4.63. The monoisotopic (exact) mass is 510 g/mol. The first-order valence-corrected chi connectivity index (χ1v) is 12.0. The molecule has 0 radical (unpaired) electrons. The molecular weight excluding hydrogens is 487 g/mol. The van der Waals surface area contributed by atoms with Crippen molar-refractivity contribution in [2.45, 2.75) is 13.5 Å². The van der Waals surface area contributed by atoms with Crippen LogP contribution in [0.25, 0.3) is 16.7 Å². The molecule has 10 heteroatoms. The van der Waals surface area contributed by atoms with Crippen molar-refractivity contribution in [3.63, 3.8) is 0 Å². The van der Waals surface area contributed by atoms with Crippen molar-refractivity contribution >= 4 is 46.0 Å². The molecule has 1 amide bonds. The molecule has 0 bridgehead atoms. The van der Waals surface area contributed by atoms with Crippen molar-refractivity contribution in [3.05, 3.63) is 75.7 Å². The van der Waals surface area contributed by atoms with Crippen molar-refractivity contribution in [2.75, 3.05) is 38.2 Å². The van der Waals surface area contributed by atoms with Gasteiger partial charge in [-0.25, -0.2) is 14.6 Å². The number of para-hydroxylation sites is 1. The Morgan fingerprint density at radius 1 is 1.00 bits per heavy atom. The van der Waals surface area contributed by atoms with Crippen LogP contribution in [0, 0.1) is 6.92 Å². The van der Waals surface area contributed by atoms with Gasteiger partial charge in [-0.1, -0.05) is 35.3 Å². The number of halogens is 2. The van der Waals surface area contributed by atoms with Gasteiger partial charge in [-0.2, -0.15) is 5.10 Å². The SMILES string of the molecule is COCc1nc(N2CCN(C(=O)c3ccc(Cl)cc3)CC2)c2c(C)nn(-c3ccccc3Cl)c2n1. The summed E-state index contributed by atoms with van der Waals surface area (Å²) in [7, 11) is 1.62. The number of carbonyl (C=O) groups is 1. The molecule has 1 saturated heterocycles. The predicted molar refractivity (Wildman–Crippen MR) is 137 cm³/mol. The van der Waals surface area contributed by atoms with Crippen LogP contribution in [0.5, 0.6) is 0 Å². The minimum atomic E-state index is -0.00283. The Bertz CT molecular complexity index is 1380. The number of fused-ring (bicyclic) bond motifs is 1. The van der Waals surface area contributed by atoms with E-state index in [2.05, 4.69) is 4.90 Å². The Morgan fingerprint density at radius 2 is 1.71 bits per heavy atom. The smallest absolute Gasteiger partial charge is 0.253 e. The number of piperazine rings is 1. The number of ether oxygens (including phenoxy) is 1. The number of carbonyl (C=O) groups excluding carboxylic acids is 1. The molecule has 0 atom stereocenters. The number of anilines is 1. The highest BCUT2D eigenvalue weighted by atomic mass is 35.5. The molecule has 0 aliphatic carbocycles. The highest BCUT2D eigenvalue weighted by molar-refractivity contribution is 6.32. The topological polar surface area (TPSA) is 76.4 Å². The molecule has 180 valence electrons. The third-order valence-corrected chi connectivity index (χ3v) is 6.61. The van der Waals surface area contributed by atoms with Crippen LogP contribution in [0.4, 0.5) is 5.82 Å². The fraction of sp³-hybridized carbons (Fsp3) is 0.280. The summed E-state index contributed by atoms with van der Waals surface area (Å²) in [5.74, 6) is 1.34. The zero-order chi connectivity index (χ0) is 24.5. The van der Waals surface area contributed by atoms with Crippen molar-refractivity contribution in [1.82, 2.24) is 24.6 Å². The number of aryl methyl sites for hydroxylation is 1. The molecule has 1 aliphatic rings. The third-order valence-electron chi connectivity index (χ3n) is 6.04. The van der Waals surface area contributed by atoms with Gasteiger partial charge in [0.1, 0.15) is 12.4 Å². The predicted octanol–water partition coefficient (Wildman–Crippen LogP) is 4.54. The zero-order valence-electron chi connectivity index (χ0n) is 19.4. The van der Waals surface area contributed by atoms with Crippen LogP contribution >= 0.6 is 23.2 Å². The summed E-state index contributed by atoms with van der Waals surface area (Å²) < 4.78 is 7.10. The van der Waals surface area contributed by atoms with E-state index in [0.29, 0.717) is 53.3 Å². The van der Waals surface area contributed by atoms with E-state index < -0.39 is 0 Å². The van der Waals surface area contributed by atoms with E-state index in [1.807, 2.05) is 36.1 Å². The number of rotatable bonds is 5. The van der Waals surface area contributed by atoms with Gasteiger partial charge in [0.25, 0.3) is 5.91 Å². The number of hydrogen-bond donors (Lipinski definition) is 0. The molecule has 0 spiro atoms. The lowest BCUT2D eigenvalue weighted by atomic mass is 10.1. The van der Waals surface area contributed by atoms with Gasteiger partial charge in [0.2, 0.25) is 0 Å². The van der Waals surface area contributed by atoms with Crippen LogP contribution in [0.15, 0.2) is 48.5 Å². The Morgan fingerprint density at radius 3 is 2.40 bits per heavy atom. The minimum absolute atomic E-state index is 0.00283. The van der Waals surface area contributed by atoms with Gasteiger partial charge in [-0.15, -0.1) is 0 Å². The average Bonchev–Trinajstić information content (AvgIpc) is 3.20. The van der Waals surface area contributed by atoms with Crippen LogP contribution in [0.1, 0.15) is 21.9 Å². The van der Waals surface area contributed by atoms with E-state index in [1.54, 1.807) is 36.1 Å². The Kier molecular flexibility index (Phi) is 6.60. The van der Waals surface area contributed by atoms with E-state index in [9.17, 15) is 4.79 Å². The Balaban J connectivity index is 1.48. The summed E-state index contributed by atoms with van der Waals surface area (Å²) in [6, 6.07) is 14.5. The molecule has 3 heterocycles. The fourth-order valence-electron chi connectivity index (χ4n) is 4.32. The van der Waals surface area contributed by atoms with Gasteiger partial charge in [-0.05, 0) is 43.3 Å². The summed E-state index contributed by atoms with van der Waals surface area (Å²) in [5.41, 5.74) is 2.86. The number of aromatic nitrogens is 4. The molecule has 1 aliphatic heterocycles. The minimum Gasteiger partial charge on any atom is -0.377 e. The lowest BCUT2D eigenvalue weighted by molar-refractivity contribution is 0.0746. The molecule has 35 heavy (non-hydrogen) atoms. The van der Waals surface area contributed by atoms with E-state index in [1.165, 1.54) is 0 Å². The molecule has 1 fully saturated rings. The first-order valence-electron chi connectivity index (χ1n) is 11.3. The largest absolute Gasteiger partial charge is 0.377 e. The number of hydrogen-bond acceptors (Lipinski definition) is 6. The van der Waals surface area contributed by atoms with Crippen LogP contribution in [0.3, 0.4) is 0 Å². The highest BCUT2D eigenvalue weighted by Gasteiger charge is 2.27. The van der Waals surface area contributed by atoms with Crippen molar-refractivity contribution in [1.29, 1.82) is 0 Å². The average molecular weight is 511 g/mol. The maximum absolute atomic E-state index is 12.9. The van der Waals surface area contributed by atoms with Gasteiger partial charge >= 0.3 is 0 Å². The van der Waals surface area contributed by atoms with Crippen molar-refractivity contribution in [3.8, 4) is 5.69 Å². The molecule has 2 aromatic carbocycles. The number of benzene rings is 2. The maximum atomic E-state index is 12.9. The van der Waals surface area contributed by atoms with Crippen LogP contribution in [-0.2, 0) is 11.3 Å². The molecule has 4 aromatic rings. The quantitative estimate of drug-likeness (QED) is 0.392. The second-order valence-corrected chi connectivity index (χ2v) is 9.17. The summed E-state index contributed by atoms with van der Waals surface area (Å²) in [5, 5.41) is 6.81. The number of amides is 1. The lowest BCUT2D eigenvalue weighted by Crippen LogP contribution is -2.49. The van der Waals surface area contributed by atoms with Gasteiger partial charge in [0, 0.05) is 43.9 Å². The normalized spacial score (nSPS) is 14.1. The van der Waals surface area contributed by atoms with Crippen molar-refractivity contribution < 1.29 is 9.53 Å². The first kappa shape index (κ1) is 23.5. The van der Waals surface area contributed by atoms with E-state index in [-0.39, 0.29) is 12.5 Å². The number of nitrogens with zero attached hydrogens (tertiary/aromatic N) is 6. The van der Waals surface area contributed by atoms with Crippen LogP contribution in [0.2, 0.25) is 10.0 Å². The molecule has 0 N–H and O–H groups in total. The lowest BCUT2D eigenvalue weighted by Gasteiger charge is -2.35. The third kappa shape index (κ3) is 4.57. The summed E-state index contributed by atoms with van der Waals surface area (Å²) >= 11 is 12.4. The zero-order valence-corrected chi connectivity index (χ0v) is 20.9. The second kappa shape index (κ2) is 9.81. The Labute approximate surface area is 213 Å². The number of methoxy groups -OCH3 is 1. The summed E-state index contributed by atoms with van der Waals surface area (Å²) in [6.07, 6.45) is 0. The molecule has 5 rings (SSSR count). The first-order chi connectivity index (χ1) is 17.0. The van der Waals surface area contributed by atoms with E-state index in [0.717, 1.165) is 22.6 Å². The van der Waals surface area contributed by atoms with Gasteiger partial charge in [0.05, 0.1) is 21.8 Å².